The lowest BCUT2D eigenvalue weighted by atomic mass is 10.1. The fourth-order valence-electron chi connectivity index (χ4n) is 1.72. The van der Waals surface area contributed by atoms with Gasteiger partial charge in [-0.25, -0.2) is 9.37 Å². The summed E-state index contributed by atoms with van der Waals surface area (Å²) in [6.45, 7) is 3.23. The molecular formula is C15H18FN3O. The summed E-state index contributed by atoms with van der Waals surface area (Å²) < 4.78 is 18.9. The zero-order valence-electron chi connectivity index (χ0n) is 11.5. The molecule has 2 rings (SSSR count). The molecule has 0 saturated heterocycles. The van der Waals surface area contributed by atoms with Gasteiger partial charge in [0.2, 0.25) is 11.8 Å². The number of nitrogens with zero attached hydrogens (tertiary/aromatic N) is 2. The van der Waals surface area contributed by atoms with Crippen LogP contribution in [0.4, 0.5) is 10.3 Å². The molecule has 0 unspecified atom stereocenters. The fourth-order valence-corrected chi connectivity index (χ4v) is 1.72. The van der Waals surface area contributed by atoms with Gasteiger partial charge in [0.25, 0.3) is 0 Å². The number of benzene rings is 1. The quantitative estimate of drug-likeness (QED) is 0.843. The second-order valence-corrected chi connectivity index (χ2v) is 4.34. The van der Waals surface area contributed by atoms with Gasteiger partial charge in [-0.1, -0.05) is 25.1 Å². The van der Waals surface area contributed by atoms with E-state index in [-0.39, 0.29) is 5.82 Å². The third kappa shape index (κ3) is 4.19. The lowest BCUT2D eigenvalue weighted by Gasteiger charge is -2.07. The number of hydrogen-bond acceptors (Lipinski definition) is 4. The van der Waals surface area contributed by atoms with Crippen molar-refractivity contribution in [1.82, 2.24) is 9.97 Å². The highest BCUT2D eigenvalue weighted by Gasteiger charge is 2.02. The highest BCUT2D eigenvalue weighted by molar-refractivity contribution is 5.28. The van der Waals surface area contributed by atoms with Crippen molar-refractivity contribution in [2.45, 2.75) is 19.8 Å². The van der Waals surface area contributed by atoms with E-state index < -0.39 is 0 Å². The zero-order chi connectivity index (χ0) is 14.2. The maximum atomic E-state index is 13.4. The molecule has 2 aromatic rings. The molecule has 1 heterocycles. The maximum absolute atomic E-state index is 13.4. The normalized spacial score (nSPS) is 10.3. The number of aromatic nitrogens is 2. The predicted octanol–water partition coefficient (Wildman–Crippen LogP) is 3.06. The van der Waals surface area contributed by atoms with Crippen molar-refractivity contribution in [3.63, 3.8) is 0 Å². The molecule has 0 aliphatic heterocycles. The van der Waals surface area contributed by atoms with Crippen LogP contribution in [0.15, 0.2) is 36.5 Å². The molecule has 106 valence electrons. The highest BCUT2D eigenvalue weighted by Crippen LogP contribution is 2.10. The van der Waals surface area contributed by atoms with E-state index in [1.807, 2.05) is 13.0 Å². The highest BCUT2D eigenvalue weighted by atomic mass is 19.1. The molecular weight excluding hydrogens is 257 g/mol. The molecule has 0 saturated carbocycles. The van der Waals surface area contributed by atoms with Crippen LogP contribution in [0.2, 0.25) is 0 Å². The molecule has 20 heavy (non-hydrogen) atoms. The number of halogens is 1. The topological polar surface area (TPSA) is 47.0 Å². The lowest BCUT2D eigenvalue weighted by Crippen LogP contribution is -2.09. The SMILES string of the molecule is CCCOc1ccnc(NCCc2ccccc2F)n1. The summed E-state index contributed by atoms with van der Waals surface area (Å²) in [4.78, 5) is 8.33. The van der Waals surface area contributed by atoms with Crippen molar-refractivity contribution in [2.75, 3.05) is 18.5 Å². The Hall–Kier alpha value is -2.17. The monoisotopic (exact) mass is 275 g/mol. The van der Waals surface area contributed by atoms with Gasteiger partial charge in [-0.05, 0) is 24.5 Å². The van der Waals surface area contributed by atoms with Crippen LogP contribution in [-0.2, 0) is 6.42 Å². The summed E-state index contributed by atoms with van der Waals surface area (Å²) in [7, 11) is 0. The van der Waals surface area contributed by atoms with E-state index in [2.05, 4.69) is 15.3 Å². The van der Waals surface area contributed by atoms with Crippen LogP contribution >= 0.6 is 0 Å². The number of nitrogens with one attached hydrogen (secondary N) is 1. The number of ether oxygens (including phenoxy) is 1. The van der Waals surface area contributed by atoms with E-state index in [4.69, 9.17) is 4.74 Å². The third-order valence-corrected chi connectivity index (χ3v) is 2.72. The van der Waals surface area contributed by atoms with Crippen molar-refractivity contribution in [1.29, 1.82) is 0 Å². The molecule has 1 aromatic heterocycles. The number of anilines is 1. The second-order valence-electron chi connectivity index (χ2n) is 4.34. The Balaban J connectivity index is 1.86. The molecule has 0 aliphatic carbocycles. The Morgan fingerprint density at radius 1 is 1.25 bits per heavy atom. The molecule has 5 heteroatoms. The molecule has 1 N–H and O–H groups in total. The van der Waals surface area contributed by atoms with Gasteiger partial charge < -0.3 is 10.1 Å². The molecule has 0 spiro atoms. The fraction of sp³-hybridized carbons (Fsp3) is 0.333. The first-order chi connectivity index (χ1) is 9.79. The van der Waals surface area contributed by atoms with Crippen molar-refractivity contribution >= 4 is 5.95 Å². The van der Waals surface area contributed by atoms with Gasteiger partial charge in [-0.2, -0.15) is 4.98 Å². The smallest absolute Gasteiger partial charge is 0.225 e. The van der Waals surface area contributed by atoms with E-state index >= 15 is 0 Å². The Morgan fingerprint density at radius 2 is 2.10 bits per heavy atom. The summed E-state index contributed by atoms with van der Waals surface area (Å²) in [5, 5.41) is 3.07. The second kappa shape index (κ2) is 7.43. The van der Waals surface area contributed by atoms with Crippen LogP contribution in [-0.4, -0.2) is 23.1 Å². The molecule has 0 radical (unpaired) electrons. The van der Waals surface area contributed by atoms with Gasteiger partial charge in [0, 0.05) is 18.8 Å². The van der Waals surface area contributed by atoms with Crippen LogP contribution in [0.1, 0.15) is 18.9 Å². The van der Waals surface area contributed by atoms with Crippen LogP contribution in [0.5, 0.6) is 5.88 Å². The minimum absolute atomic E-state index is 0.185. The van der Waals surface area contributed by atoms with Crippen molar-refractivity contribution in [3.8, 4) is 5.88 Å². The van der Waals surface area contributed by atoms with Gasteiger partial charge in [0.15, 0.2) is 0 Å². The molecule has 0 bridgehead atoms. The minimum Gasteiger partial charge on any atom is -0.478 e. The third-order valence-electron chi connectivity index (χ3n) is 2.72. The Labute approximate surface area is 118 Å². The summed E-state index contributed by atoms with van der Waals surface area (Å²) in [6.07, 6.45) is 3.15. The molecule has 0 fully saturated rings. The van der Waals surface area contributed by atoms with Crippen LogP contribution < -0.4 is 10.1 Å². The molecule has 1 aromatic carbocycles. The zero-order valence-corrected chi connectivity index (χ0v) is 11.5. The Morgan fingerprint density at radius 3 is 2.90 bits per heavy atom. The Kier molecular flexibility index (Phi) is 5.29. The average molecular weight is 275 g/mol. The van der Waals surface area contributed by atoms with Crippen molar-refractivity contribution in [3.05, 3.63) is 47.9 Å². The molecule has 0 aliphatic rings. The first-order valence-corrected chi connectivity index (χ1v) is 6.72. The van der Waals surface area contributed by atoms with E-state index in [1.165, 1.54) is 6.07 Å². The first kappa shape index (κ1) is 14.2. The maximum Gasteiger partial charge on any atom is 0.225 e. The van der Waals surface area contributed by atoms with Gasteiger partial charge in [0.1, 0.15) is 5.82 Å². The van der Waals surface area contributed by atoms with Crippen LogP contribution in [0, 0.1) is 5.82 Å². The van der Waals surface area contributed by atoms with Crippen molar-refractivity contribution in [2.24, 2.45) is 0 Å². The van der Waals surface area contributed by atoms with Crippen LogP contribution in [0.3, 0.4) is 0 Å². The molecule has 0 atom stereocenters. The number of rotatable bonds is 7. The molecule has 0 amide bonds. The van der Waals surface area contributed by atoms with E-state index in [0.29, 0.717) is 37.0 Å². The summed E-state index contributed by atoms with van der Waals surface area (Å²) in [5.41, 5.74) is 0.679. The van der Waals surface area contributed by atoms with E-state index in [1.54, 1.807) is 24.4 Å². The largest absolute Gasteiger partial charge is 0.478 e. The van der Waals surface area contributed by atoms with E-state index in [9.17, 15) is 4.39 Å². The predicted molar refractivity (Wildman–Crippen MR) is 76.4 cm³/mol. The average Bonchev–Trinajstić information content (AvgIpc) is 2.48. The van der Waals surface area contributed by atoms with E-state index in [0.717, 1.165) is 6.42 Å². The Bertz CT molecular complexity index is 548. The van der Waals surface area contributed by atoms with Gasteiger partial charge in [0.05, 0.1) is 6.61 Å². The van der Waals surface area contributed by atoms with Crippen molar-refractivity contribution < 1.29 is 9.13 Å². The van der Waals surface area contributed by atoms with Gasteiger partial charge in [-0.3, -0.25) is 0 Å². The van der Waals surface area contributed by atoms with Gasteiger partial charge >= 0.3 is 0 Å². The lowest BCUT2D eigenvalue weighted by molar-refractivity contribution is 0.305. The standard InChI is InChI=1S/C15H18FN3O/c1-2-11-20-14-8-10-18-15(19-14)17-9-7-12-5-3-4-6-13(12)16/h3-6,8,10H,2,7,9,11H2,1H3,(H,17,18,19). The summed E-state index contributed by atoms with van der Waals surface area (Å²) >= 11 is 0. The summed E-state index contributed by atoms with van der Waals surface area (Å²) in [6, 6.07) is 8.47. The summed E-state index contributed by atoms with van der Waals surface area (Å²) in [5.74, 6) is 0.862. The first-order valence-electron chi connectivity index (χ1n) is 6.72. The van der Waals surface area contributed by atoms with Crippen LogP contribution in [0.25, 0.3) is 0 Å². The minimum atomic E-state index is -0.185. The molecule has 4 nitrogen and oxygen atoms in total. The number of hydrogen-bond donors (Lipinski definition) is 1. The van der Waals surface area contributed by atoms with Gasteiger partial charge in [-0.15, -0.1) is 0 Å².